The number of aromatic nitrogens is 2. The van der Waals surface area contributed by atoms with Gasteiger partial charge in [0.25, 0.3) is 0 Å². The van der Waals surface area contributed by atoms with E-state index in [0.29, 0.717) is 0 Å². The van der Waals surface area contributed by atoms with Crippen molar-refractivity contribution >= 4 is 11.0 Å². The lowest BCUT2D eigenvalue weighted by Gasteiger charge is -1.94. The maximum Gasteiger partial charge on any atom is 0.0955 e. The van der Waals surface area contributed by atoms with Crippen LogP contribution in [0.25, 0.3) is 11.0 Å². The van der Waals surface area contributed by atoms with Crippen molar-refractivity contribution in [2.75, 3.05) is 0 Å². The first-order valence-electron chi connectivity index (χ1n) is 4.65. The molecule has 1 aromatic heterocycles. The largest absolute Gasteiger partial charge is 0.334 e. The quantitative estimate of drug-likeness (QED) is 0.603. The number of rotatable bonds is 0. The Labute approximate surface area is 79.2 Å². The van der Waals surface area contributed by atoms with Crippen molar-refractivity contribution < 1.29 is 0 Å². The van der Waals surface area contributed by atoms with E-state index >= 15 is 0 Å². The topological polar surface area (TPSA) is 17.8 Å². The summed E-state index contributed by atoms with van der Waals surface area (Å²) in [7, 11) is 2.01. The molecule has 0 N–H and O–H groups in total. The van der Waals surface area contributed by atoms with Gasteiger partial charge in [0.2, 0.25) is 0 Å². The molecule has 1 heterocycles. The van der Waals surface area contributed by atoms with Gasteiger partial charge in [-0.15, -0.1) is 0 Å². The molecule has 0 spiro atoms. The van der Waals surface area contributed by atoms with Gasteiger partial charge in [-0.25, -0.2) is 4.98 Å². The Morgan fingerprint density at radius 1 is 1.23 bits per heavy atom. The minimum atomic E-state index is 1.07. The fourth-order valence-electron chi connectivity index (χ4n) is 1.24. The van der Waals surface area contributed by atoms with Gasteiger partial charge < -0.3 is 4.57 Å². The fraction of sp³-hybridized carbons (Fsp3) is 0.364. The van der Waals surface area contributed by atoms with Crippen molar-refractivity contribution in [2.45, 2.75) is 20.8 Å². The normalized spacial score (nSPS) is 9.54. The molecule has 0 amide bonds. The molecular weight excluding hydrogens is 160 g/mol. The van der Waals surface area contributed by atoms with Gasteiger partial charge in [0.15, 0.2) is 0 Å². The summed E-state index contributed by atoms with van der Waals surface area (Å²) >= 11 is 0. The van der Waals surface area contributed by atoms with Crippen molar-refractivity contribution in [2.24, 2.45) is 7.05 Å². The predicted molar refractivity (Wildman–Crippen MR) is 56.8 cm³/mol. The van der Waals surface area contributed by atoms with E-state index in [1.807, 2.05) is 37.9 Å². The first kappa shape index (κ1) is 9.78. The maximum atomic E-state index is 4.22. The van der Waals surface area contributed by atoms with Gasteiger partial charge in [-0.2, -0.15) is 0 Å². The van der Waals surface area contributed by atoms with Crippen LogP contribution in [-0.2, 0) is 7.05 Å². The van der Waals surface area contributed by atoms with Crippen LogP contribution in [-0.4, -0.2) is 9.55 Å². The first-order chi connectivity index (χ1) is 6.27. The average Bonchev–Trinajstić information content (AvgIpc) is 2.52. The minimum absolute atomic E-state index is 1.07. The SMILES string of the molecule is CC.Cc1ccc2ncn(C)c2c1. The molecule has 0 saturated heterocycles. The molecule has 2 heteroatoms. The highest BCUT2D eigenvalue weighted by Crippen LogP contribution is 2.12. The smallest absolute Gasteiger partial charge is 0.0955 e. The maximum absolute atomic E-state index is 4.22. The molecule has 0 aliphatic rings. The number of fused-ring (bicyclic) bond motifs is 1. The second-order valence-corrected chi connectivity index (χ2v) is 2.85. The second-order valence-electron chi connectivity index (χ2n) is 2.85. The summed E-state index contributed by atoms with van der Waals surface area (Å²) in [6.45, 7) is 6.09. The molecule has 0 unspecified atom stereocenters. The summed E-state index contributed by atoms with van der Waals surface area (Å²) in [5, 5.41) is 0. The van der Waals surface area contributed by atoms with Crippen LogP contribution in [0.3, 0.4) is 0 Å². The van der Waals surface area contributed by atoms with Gasteiger partial charge in [-0.1, -0.05) is 19.9 Å². The number of benzene rings is 1. The number of hydrogen-bond donors (Lipinski definition) is 0. The molecule has 1 aromatic carbocycles. The van der Waals surface area contributed by atoms with Crippen LogP contribution in [0.15, 0.2) is 24.5 Å². The Hall–Kier alpha value is -1.31. The van der Waals surface area contributed by atoms with Crippen LogP contribution < -0.4 is 0 Å². The molecule has 0 aliphatic heterocycles. The standard InChI is InChI=1S/C9H10N2.C2H6/c1-7-3-4-8-9(5-7)11(2)6-10-8;1-2/h3-6H,1-2H3;1-2H3. The highest BCUT2D eigenvalue weighted by Gasteiger charge is 1.96. The average molecular weight is 176 g/mol. The van der Waals surface area contributed by atoms with Crippen molar-refractivity contribution in [1.29, 1.82) is 0 Å². The fourth-order valence-corrected chi connectivity index (χ4v) is 1.24. The van der Waals surface area contributed by atoms with Gasteiger partial charge in [0.05, 0.1) is 17.4 Å². The number of nitrogens with zero attached hydrogens (tertiary/aromatic N) is 2. The monoisotopic (exact) mass is 176 g/mol. The summed E-state index contributed by atoms with van der Waals surface area (Å²) in [5.41, 5.74) is 3.55. The Kier molecular flexibility index (Phi) is 3.07. The zero-order valence-corrected chi connectivity index (χ0v) is 8.70. The van der Waals surface area contributed by atoms with Crippen LogP contribution in [0.1, 0.15) is 19.4 Å². The summed E-state index contributed by atoms with van der Waals surface area (Å²) in [6, 6.07) is 6.27. The van der Waals surface area contributed by atoms with E-state index < -0.39 is 0 Å². The highest BCUT2D eigenvalue weighted by atomic mass is 15.0. The van der Waals surface area contributed by atoms with Crippen molar-refractivity contribution in [3.8, 4) is 0 Å². The van der Waals surface area contributed by atoms with Crippen LogP contribution in [0.4, 0.5) is 0 Å². The van der Waals surface area contributed by atoms with Crippen molar-refractivity contribution in [1.82, 2.24) is 9.55 Å². The van der Waals surface area contributed by atoms with E-state index in [1.54, 1.807) is 0 Å². The third-order valence-electron chi connectivity index (χ3n) is 1.88. The van der Waals surface area contributed by atoms with Crippen LogP contribution in [0, 0.1) is 6.92 Å². The molecule has 13 heavy (non-hydrogen) atoms. The number of imidazole rings is 1. The third kappa shape index (κ3) is 1.89. The number of hydrogen-bond acceptors (Lipinski definition) is 1. The van der Waals surface area contributed by atoms with E-state index in [0.717, 1.165) is 5.52 Å². The lowest BCUT2D eigenvalue weighted by Crippen LogP contribution is -1.83. The molecule has 0 aliphatic carbocycles. The minimum Gasteiger partial charge on any atom is -0.334 e. The van der Waals surface area contributed by atoms with Crippen molar-refractivity contribution in [3.05, 3.63) is 30.1 Å². The molecule has 2 rings (SSSR count). The van der Waals surface area contributed by atoms with E-state index in [-0.39, 0.29) is 0 Å². The zero-order valence-electron chi connectivity index (χ0n) is 8.70. The molecular formula is C11H16N2. The van der Waals surface area contributed by atoms with Crippen LogP contribution in [0.5, 0.6) is 0 Å². The van der Waals surface area contributed by atoms with E-state index in [1.165, 1.54) is 11.1 Å². The Morgan fingerprint density at radius 3 is 2.62 bits per heavy atom. The molecule has 0 radical (unpaired) electrons. The summed E-state index contributed by atoms with van der Waals surface area (Å²) < 4.78 is 2.03. The van der Waals surface area contributed by atoms with Gasteiger partial charge >= 0.3 is 0 Å². The lowest BCUT2D eigenvalue weighted by molar-refractivity contribution is 0.947. The Balaban J connectivity index is 0.000000396. The summed E-state index contributed by atoms with van der Waals surface area (Å²) in [4.78, 5) is 4.22. The summed E-state index contributed by atoms with van der Waals surface area (Å²) in [5.74, 6) is 0. The molecule has 70 valence electrons. The first-order valence-corrected chi connectivity index (χ1v) is 4.65. The third-order valence-corrected chi connectivity index (χ3v) is 1.88. The van der Waals surface area contributed by atoms with Gasteiger partial charge in [-0.05, 0) is 24.6 Å². The van der Waals surface area contributed by atoms with Crippen LogP contribution >= 0.6 is 0 Å². The zero-order chi connectivity index (χ0) is 9.84. The lowest BCUT2D eigenvalue weighted by atomic mass is 10.2. The second kappa shape index (κ2) is 4.08. The van der Waals surface area contributed by atoms with E-state index in [9.17, 15) is 0 Å². The molecule has 0 fully saturated rings. The predicted octanol–water partition coefficient (Wildman–Crippen LogP) is 2.91. The van der Waals surface area contributed by atoms with E-state index in [2.05, 4.69) is 24.0 Å². The molecule has 2 aromatic rings. The highest BCUT2D eigenvalue weighted by molar-refractivity contribution is 5.75. The molecule has 0 bridgehead atoms. The summed E-state index contributed by atoms with van der Waals surface area (Å²) in [6.07, 6.45) is 1.84. The Morgan fingerprint density at radius 2 is 1.92 bits per heavy atom. The molecule has 2 nitrogen and oxygen atoms in total. The van der Waals surface area contributed by atoms with Gasteiger partial charge in [0, 0.05) is 7.05 Å². The molecule has 0 atom stereocenters. The van der Waals surface area contributed by atoms with Crippen LogP contribution in [0.2, 0.25) is 0 Å². The van der Waals surface area contributed by atoms with Gasteiger partial charge in [0.1, 0.15) is 0 Å². The number of aryl methyl sites for hydroxylation is 2. The van der Waals surface area contributed by atoms with Gasteiger partial charge in [-0.3, -0.25) is 0 Å². The van der Waals surface area contributed by atoms with E-state index in [4.69, 9.17) is 0 Å². The molecule has 0 saturated carbocycles. The Bertz CT molecular complexity index is 388. The van der Waals surface area contributed by atoms with Crippen molar-refractivity contribution in [3.63, 3.8) is 0 Å².